The predicted octanol–water partition coefficient (Wildman–Crippen LogP) is -0.167. The number of nitrogens with zero attached hydrogens (tertiary/aromatic N) is 4. The molecule has 6 heteroatoms. The van der Waals surface area contributed by atoms with E-state index in [0.29, 0.717) is 6.54 Å². The first-order valence-corrected chi connectivity index (χ1v) is 3.59. The fourth-order valence-corrected chi connectivity index (χ4v) is 0.935. The van der Waals surface area contributed by atoms with Gasteiger partial charge in [-0.2, -0.15) is 15.6 Å². The van der Waals surface area contributed by atoms with Crippen LogP contribution in [0.3, 0.4) is 0 Å². The minimum absolute atomic E-state index is 0.109. The van der Waals surface area contributed by atoms with Crippen molar-refractivity contribution in [3.63, 3.8) is 0 Å². The molecule has 0 unspecified atom stereocenters. The average Bonchev–Trinajstić information content (AvgIpc) is 2.38. The molecule has 0 saturated carbocycles. The molecule has 0 amide bonds. The third kappa shape index (κ3) is 1.52. The Morgan fingerprint density at radius 3 is 2.54 bits per heavy atom. The molecular formula is C7H8N6. The van der Waals surface area contributed by atoms with E-state index in [1.807, 2.05) is 12.1 Å². The molecule has 1 rings (SSSR count). The molecule has 4 N–H and O–H groups in total. The maximum absolute atomic E-state index is 8.61. The zero-order chi connectivity index (χ0) is 9.84. The third-order valence-electron chi connectivity index (χ3n) is 1.57. The summed E-state index contributed by atoms with van der Waals surface area (Å²) < 4.78 is 1.36. The van der Waals surface area contributed by atoms with Crippen LogP contribution in [-0.4, -0.2) is 9.78 Å². The highest BCUT2D eigenvalue weighted by Gasteiger charge is 2.11. The van der Waals surface area contributed by atoms with Crippen LogP contribution in [0.5, 0.6) is 0 Å². The molecule has 0 spiro atoms. The van der Waals surface area contributed by atoms with Crippen LogP contribution in [0, 0.1) is 22.7 Å². The van der Waals surface area contributed by atoms with Crippen molar-refractivity contribution >= 4 is 11.6 Å². The second-order valence-electron chi connectivity index (χ2n) is 2.39. The van der Waals surface area contributed by atoms with Crippen molar-refractivity contribution in [2.24, 2.45) is 0 Å². The SMILES string of the molecule is N#CCCn1nc(N)c(C#N)c1N. The number of hydrogen-bond acceptors (Lipinski definition) is 5. The van der Waals surface area contributed by atoms with Crippen molar-refractivity contribution in [2.75, 3.05) is 11.5 Å². The molecule has 1 aromatic rings. The van der Waals surface area contributed by atoms with E-state index in [0.717, 1.165) is 0 Å². The van der Waals surface area contributed by atoms with Gasteiger partial charge in [0.05, 0.1) is 19.0 Å². The van der Waals surface area contributed by atoms with Crippen LogP contribution in [0.4, 0.5) is 11.6 Å². The number of anilines is 2. The van der Waals surface area contributed by atoms with Gasteiger partial charge in [0.15, 0.2) is 5.82 Å². The molecule has 66 valence electrons. The summed E-state index contributed by atoms with van der Waals surface area (Å²) in [5.74, 6) is 0.327. The number of rotatable bonds is 2. The van der Waals surface area contributed by atoms with Gasteiger partial charge in [-0.15, -0.1) is 0 Å². The van der Waals surface area contributed by atoms with E-state index >= 15 is 0 Å². The van der Waals surface area contributed by atoms with Gasteiger partial charge in [-0.25, -0.2) is 4.68 Å². The van der Waals surface area contributed by atoms with Gasteiger partial charge in [0.25, 0.3) is 0 Å². The first kappa shape index (κ1) is 8.88. The van der Waals surface area contributed by atoms with E-state index in [1.165, 1.54) is 4.68 Å². The zero-order valence-corrected chi connectivity index (χ0v) is 6.86. The Labute approximate surface area is 75.0 Å². The lowest BCUT2D eigenvalue weighted by molar-refractivity contribution is 0.639. The highest BCUT2D eigenvalue weighted by Crippen LogP contribution is 2.17. The summed E-state index contributed by atoms with van der Waals surface area (Å²) >= 11 is 0. The Kier molecular flexibility index (Phi) is 2.36. The summed E-state index contributed by atoms with van der Waals surface area (Å²) in [4.78, 5) is 0. The van der Waals surface area contributed by atoms with Crippen LogP contribution < -0.4 is 11.5 Å². The molecule has 0 aromatic carbocycles. The zero-order valence-electron chi connectivity index (χ0n) is 6.86. The molecule has 0 fully saturated rings. The standard InChI is InChI=1S/C7H8N6/c8-2-1-3-13-7(11)5(4-9)6(10)12-13/h1,3,11H2,(H2,10,12). The molecule has 0 aliphatic rings. The van der Waals surface area contributed by atoms with E-state index < -0.39 is 0 Å². The van der Waals surface area contributed by atoms with Gasteiger partial charge in [-0.1, -0.05) is 0 Å². The van der Waals surface area contributed by atoms with Crippen LogP contribution in [-0.2, 0) is 6.54 Å². The molecule has 0 aliphatic heterocycles. The lowest BCUT2D eigenvalue weighted by Gasteiger charge is -1.97. The minimum Gasteiger partial charge on any atom is -0.383 e. The molecule has 0 atom stereocenters. The van der Waals surface area contributed by atoms with Gasteiger partial charge < -0.3 is 11.5 Å². The van der Waals surface area contributed by atoms with Crippen LogP contribution >= 0.6 is 0 Å². The van der Waals surface area contributed by atoms with E-state index in [9.17, 15) is 0 Å². The van der Waals surface area contributed by atoms with Gasteiger partial charge in [-0.05, 0) is 0 Å². The van der Waals surface area contributed by atoms with Crippen molar-refractivity contribution < 1.29 is 0 Å². The van der Waals surface area contributed by atoms with E-state index in [4.69, 9.17) is 22.0 Å². The quantitative estimate of drug-likeness (QED) is 0.648. The summed E-state index contributed by atoms with van der Waals surface area (Å²) in [6, 6.07) is 3.79. The Hall–Kier alpha value is -2.21. The Bertz CT molecular complexity index is 390. The van der Waals surface area contributed by atoms with E-state index in [2.05, 4.69) is 5.10 Å². The fourth-order valence-electron chi connectivity index (χ4n) is 0.935. The molecule has 13 heavy (non-hydrogen) atoms. The summed E-state index contributed by atoms with van der Waals surface area (Å²) in [6.07, 6.45) is 0.288. The largest absolute Gasteiger partial charge is 0.383 e. The normalized spacial score (nSPS) is 9.08. The fraction of sp³-hybridized carbons (Fsp3) is 0.286. The lowest BCUT2D eigenvalue weighted by Crippen LogP contribution is -2.04. The van der Waals surface area contributed by atoms with Crippen molar-refractivity contribution in [1.29, 1.82) is 10.5 Å². The van der Waals surface area contributed by atoms with Crippen LogP contribution in [0.2, 0.25) is 0 Å². The summed E-state index contributed by atoms with van der Waals surface area (Å²) in [5, 5.41) is 20.7. The van der Waals surface area contributed by atoms with Crippen LogP contribution in [0.25, 0.3) is 0 Å². The average molecular weight is 176 g/mol. The van der Waals surface area contributed by atoms with Gasteiger partial charge in [0.2, 0.25) is 0 Å². The molecule has 6 nitrogen and oxygen atoms in total. The molecule has 0 aliphatic carbocycles. The maximum atomic E-state index is 8.61. The van der Waals surface area contributed by atoms with Gasteiger partial charge >= 0.3 is 0 Å². The highest BCUT2D eigenvalue weighted by molar-refractivity contribution is 5.61. The molecule has 0 radical (unpaired) electrons. The Morgan fingerprint density at radius 2 is 2.08 bits per heavy atom. The molecule has 0 bridgehead atoms. The van der Waals surface area contributed by atoms with Gasteiger partial charge in [0.1, 0.15) is 17.5 Å². The second-order valence-corrected chi connectivity index (χ2v) is 2.39. The number of hydrogen-bond donors (Lipinski definition) is 2. The maximum Gasteiger partial charge on any atom is 0.165 e. The molecule has 0 saturated heterocycles. The summed E-state index contributed by atoms with van der Waals surface area (Å²) in [7, 11) is 0. The van der Waals surface area contributed by atoms with Gasteiger partial charge in [0, 0.05) is 0 Å². The second kappa shape index (κ2) is 3.46. The molecule has 1 heterocycles. The lowest BCUT2D eigenvalue weighted by atomic mass is 10.3. The molecular weight excluding hydrogens is 168 g/mol. The van der Waals surface area contributed by atoms with E-state index in [-0.39, 0.29) is 23.6 Å². The van der Waals surface area contributed by atoms with Crippen LogP contribution in [0.15, 0.2) is 0 Å². The minimum atomic E-state index is 0.109. The van der Waals surface area contributed by atoms with Gasteiger partial charge in [-0.3, -0.25) is 0 Å². The van der Waals surface area contributed by atoms with Crippen molar-refractivity contribution in [3.05, 3.63) is 5.56 Å². The third-order valence-corrected chi connectivity index (χ3v) is 1.57. The topological polar surface area (TPSA) is 117 Å². The monoisotopic (exact) mass is 176 g/mol. The number of aromatic nitrogens is 2. The number of nitriles is 2. The smallest absolute Gasteiger partial charge is 0.165 e. The van der Waals surface area contributed by atoms with Crippen LogP contribution in [0.1, 0.15) is 12.0 Å². The van der Waals surface area contributed by atoms with Crippen molar-refractivity contribution in [2.45, 2.75) is 13.0 Å². The highest BCUT2D eigenvalue weighted by atomic mass is 15.3. The number of nitrogens with two attached hydrogens (primary N) is 2. The number of aryl methyl sites for hydroxylation is 1. The predicted molar refractivity (Wildman–Crippen MR) is 46.0 cm³/mol. The molecule has 1 aromatic heterocycles. The summed E-state index contributed by atoms with van der Waals surface area (Å²) in [5.41, 5.74) is 11.1. The van der Waals surface area contributed by atoms with E-state index in [1.54, 1.807) is 0 Å². The van der Waals surface area contributed by atoms with Crippen molar-refractivity contribution in [1.82, 2.24) is 9.78 Å². The Morgan fingerprint density at radius 1 is 1.38 bits per heavy atom. The van der Waals surface area contributed by atoms with Crippen molar-refractivity contribution in [3.8, 4) is 12.1 Å². The number of nitrogen functional groups attached to an aromatic ring is 2. The summed E-state index contributed by atoms with van der Waals surface area (Å²) in [6.45, 7) is 0.355. The first-order chi connectivity index (χ1) is 6.20. The first-order valence-electron chi connectivity index (χ1n) is 3.59. The Balaban J connectivity index is 3.00.